The van der Waals surface area contributed by atoms with Gasteiger partial charge in [0.2, 0.25) is 0 Å². The van der Waals surface area contributed by atoms with Gasteiger partial charge in [-0.15, -0.1) is 0 Å². The number of hydrogen-bond acceptors (Lipinski definition) is 1. The van der Waals surface area contributed by atoms with Crippen molar-refractivity contribution in [1.82, 2.24) is 0 Å². The van der Waals surface area contributed by atoms with Gasteiger partial charge in [-0.1, -0.05) is 38.2 Å². The van der Waals surface area contributed by atoms with E-state index in [0.29, 0.717) is 5.92 Å². The van der Waals surface area contributed by atoms with Crippen LogP contribution in [0.2, 0.25) is 0 Å². The Kier molecular flexibility index (Phi) is 1.45. The van der Waals surface area contributed by atoms with E-state index in [1.807, 2.05) is 0 Å². The standard InChI is InChI=1S/C13H18O/c1-9-10-5-4-7-13(10)8-6-11(14-13)12(9,2)3/h6,8,10-11H,1,4-5,7H2,2-3H3/t10-,11-,13+/m0/s1. The molecular weight excluding hydrogens is 172 g/mol. The summed E-state index contributed by atoms with van der Waals surface area (Å²) in [6.45, 7) is 8.85. The summed E-state index contributed by atoms with van der Waals surface area (Å²) in [6.07, 6.45) is 8.59. The monoisotopic (exact) mass is 190 g/mol. The summed E-state index contributed by atoms with van der Waals surface area (Å²) < 4.78 is 6.22. The summed E-state index contributed by atoms with van der Waals surface area (Å²) in [5.41, 5.74) is 1.60. The van der Waals surface area contributed by atoms with Crippen molar-refractivity contribution in [2.75, 3.05) is 0 Å². The summed E-state index contributed by atoms with van der Waals surface area (Å²) in [4.78, 5) is 0. The Hall–Kier alpha value is -0.560. The van der Waals surface area contributed by atoms with Gasteiger partial charge in [-0.2, -0.15) is 0 Å². The molecule has 1 saturated heterocycles. The summed E-state index contributed by atoms with van der Waals surface area (Å²) >= 11 is 0. The Morgan fingerprint density at radius 2 is 2.29 bits per heavy atom. The third kappa shape index (κ3) is 0.802. The van der Waals surface area contributed by atoms with E-state index in [-0.39, 0.29) is 17.1 Å². The average molecular weight is 190 g/mol. The lowest BCUT2D eigenvalue weighted by molar-refractivity contribution is -0.107. The second-order valence-electron chi connectivity index (χ2n) is 5.54. The molecule has 3 aliphatic rings. The van der Waals surface area contributed by atoms with E-state index in [1.54, 1.807) is 0 Å². The van der Waals surface area contributed by atoms with Gasteiger partial charge in [0.25, 0.3) is 0 Å². The third-order valence-electron chi connectivity index (χ3n) is 4.51. The lowest BCUT2D eigenvalue weighted by Crippen LogP contribution is -2.47. The second-order valence-corrected chi connectivity index (χ2v) is 5.54. The zero-order chi connectivity index (χ0) is 9.97. The van der Waals surface area contributed by atoms with Gasteiger partial charge in [-0.05, 0) is 19.3 Å². The summed E-state index contributed by atoms with van der Waals surface area (Å²) in [7, 11) is 0. The van der Waals surface area contributed by atoms with Crippen molar-refractivity contribution in [2.45, 2.75) is 44.8 Å². The highest BCUT2D eigenvalue weighted by atomic mass is 16.5. The van der Waals surface area contributed by atoms with Gasteiger partial charge in [-0.25, -0.2) is 0 Å². The first-order valence-electron chi connectivity index (χ1n) is 5.63. The molecule has 1 nitrogen and oxygen atoms in total. The van der Waals surface area contributed by atoms with Crippen LogP contribution in [-0.2, 0) is 4.74 Å². The van der Waals surface area contributed by atoms with Crippen molar-refractivity contribution in [1.29, 1.82) is 0 Å². The quantitative estimate of drug-likeness (QED) is 0.533. The first-order valence-corrected chi connectivity index (χ1v) is 5.63. The van der Waals surface area contributed by atoms with Crippen molar-refractivity contribution in [2.24, 2.45) is 11.3 Å². The molecule has 1 heteroatoms. The minimum absolute atomic E-state index is 0.0528. The molecule has 0 N–H and O–H groups in total. The molecule has 0 aromatic heterocycles. The van der Waals surface area contributed by atoms with Crippen molar-refractivity contribution < 1.29 is 4.74 Å². The molecule has 0 radical (unpaired) electrons. The van der Waals surface area contributed by atoms with E-state index in [1.165, 1.54) is 24.8 Å². The van der Waals surface area contributed by atoms with Gasteiger partial charge >= 0.3 is 0 Å². The predicted octanol–water partition coefficient (Wildman–Crippen LogP) is 3.08. The van der Waals surface area contributed by atoms with Crippen LogP contribution in [-0.4, -0.2) is 11.7 Å². The van der Waals surface area contributed by atoms with Gasteiger partial charge in [0.1, 0.15) is 0 Å². The average Bonchev–Trinajstić information content (AvgIpc) is 2.71. The van der Waals surface area contributed by atoms with Crippen molar-refractivity contribution in [3.63, 3.8) is 0 Å². The Labute approximate surface area is 85.8 Å². The van der Waals surface area contributed by atoms with Gasteiger partial charge in [-0.3, -0.25) is 0 Å². The Bertz CT molecular complexity index is 326. The molecule has 2 bridgehead atoms. The van der Waals surface area contributed by atoms with Crippen molar-refractivity contribution in [3.8, 4) is 0 Å². The fraction of sp³-hybridized carbons (Fsp3) is 0.692. The second kappa shape index (κ2) is 2.33. The molecule has 2 fully saturated rings. The summed E-state index contributed by atoms with van der Waals surface area (Å²) in [5.74, 6) is 0.576. The number of ether oxygens (including phenoxy) is 1. The molecule has 1 aliphatic carbocycles. The molecule has 0 aromatic carbocycles. The number of fused-ring (bicyclic) bond motifs is 1. The molecular formula is C13H18O. The van der Waals surface area contributed by atoms with Crippen LogP contribution in [0.4, 0.5) is 0 Å². The molecule has 0 unspecified atom stereocenters. The minimum atomic E-state index is 0.0528. The van der Waals surface area contributed by atoms with Crippen LogP contribution in [0.1, 0.15) is 33.1 Å². The van der Waals surface area contributed by atoms with E-state index >= 15 is 0 Å². The van der Waals surface area contributed by atoms with Crippen LogP contribution in [0.3, 0.4) is 0 Å². The van der Waals surface area contributed by atoms with Gasteiger partial charge < -0.3 is 4.74 Å². The SMILES string of the molecule is C=C1[C@@H]2CCC[C@@]23C=C[C@H](O3)C1(C)C. The maximum absolute atomic E-state index is 6.22. The molecule has 3 atom stereocenters. The van der Waals surface area contributed by atoms with Crippen LogP contribution in [0.5, 0.6) is 0 Å². The zero-order valence-electron chi connectivity index (χ0n) is 9.05. The largest absolute Gasteiger partial charge is 0.362 e. The number of rotatable bonds is 0. The molecule has 1 saturated carbocycles. The van der Waals surface area contributed by atoms with E-state index in [0.717, 1.165) is 0 Å². The molecule has 14 heavy (non-hydrogen) atoms. The molecule has 76 valence electrons. The van der Waals surface area contributed by atoms with Crippen molar-refractivity contribution in [3.05, 3.63) is 24.3 Å². The molecule has 0 amide bonds. The molecule has 2 aliphatic heterocycles. The van der Waals surface area contributed by atoms with Crippen molar-refractivity contribution >= 4 is 0 Å². The van der Waals surface area contributed by atoms with Crippen LogP contribution in [0, 0.1) is 11.3 Å². The smallest absolute Gasteiger partial charge is 0.0936 e. The highest BCUT2D eigenvalue weighted by Crippen LogP contribution is 2.58. The van der Waals surface area contributed by atoms with Crippen LogP contribution < -0.4 is 0 Å². The molecule has 2 heterocycles. The lowest BCUT2D eigenvalue weighted by atomic mass is 9.70. The highest BCUT2D eigenvalue weighted by molar-refractivity contribution is 5.34. The lowest BCUT2D eigenvalue weighted by Gasteiger charge is -2.47. The van der Waals surface area contributed by atoms with E-state index < -0.39 is 0 Å². The fourth-order valence-corrected chi connectivity index (χ4v) is 3.40. The maximum Gasteiger partial charge on any atom is 0.0936 e. The van der Waals surface area contributed by atoms with Crippen LogP contribution in [0.15, 0.2) is 24.3 Å². The van der Waals surface area contributed by atoms with E-state index in [4.69, 9.17) is 4.74 Å². The fourth-order valence-electron chi connectivity index (χ4n) is 3.40. The van der Waals surface area contributed by atoms with E-state index in [9.17, 15) is 0 Å². The van der Waals surface area contributed by atoms with E-state index in [2.05, 4.69) is 32.6 Å². The van der Waals surface area contributed by atoms with Gasteiger partial charge in [0.15, 0.2) is 0 Å². The van der Waals surface area contributed by atoms with Crippen LogP contribution in [0.25, 0.3) is 0 Å². The summed E-state index contributed by atoms with van der Waals surface area (Å²) in [5, 5.41) is 0. The number of hydrogen-bond donors (Lipinski definition) is 0. The summed E-state index contributed by atoms with van der Waals surface area (Å²) in [6, 6.07) is 0. The normalized spacial score (nSPS) is 48.3. The highest BCUT2D eigenvalue weighted by Gasteiger charge is 2.57. The molecule has 3 rings (SSSR count). The topological polar surface area (TPSA) is 9.23 Å². The van der Waals surface area contributed by atoms with Gasteiger partial charge in [0, 0.05) is 11.3 Å². The Morgan fingerprint density at radius 3 is 3.07 bits per heavy atom. The maximum atomic E-state index is 6.22. The third-order valence-corrected chi connectivity index (χ3v) is 4.51. The van der Waals surface area contributed by atoms with Gasteiger partial charge in [0.05, 0.1) is 11.7 Å². The molecule has 0 aromatic rings. The molecule has 1 spiro atoms. The Morgan fingerprint density at radius 1 is 1.50 bits per heavy atom. The first-order chi connectivity index (χ1) is 6.56. The first kappa shape index (κ1) is 8.72. The van der Waals surface area contributed by atoms with Crippen LogP contribution >= 0.6 is 0 Å². The zero-order valence-corrected chi connectivity index (χ0v) is 9.05. The predicted molar refractivity (Wildman–Crippen MR) is 57.0 cm³/mol. The Balaban J connectivity index is 2.10. The minimum Gasteiger partial charge on any atom is -0.362 e.